The zero-order valence-corrected chi connectivity index (χ0v) is 17.5. The van der Waals surface area contributed by atoms with Gasteiger partial charge in [0.05, 0.1) is 5.54 Å². The highest BCUT2D eigenvalue weighted by molar-refractivity contribution is 5.94. The molecule has 1 aromatic heterocycles. The van der Waals surface area contributed by atoms with Gasteiger partial charge in [-0.2, -0.15) is 0 Å². The van der Waals surface area contributed by atoms with Gasteiger partial charge in [0.25, 0.3) is 5.91 Å². The van der Waals surface area contributed by atoms with E-state index in [1.165, 1.54) is 32.1 Å². The van der Waals surface area contributed by atoms with Crippen molar-refractivity contribution >= 4 is 5.91 Å². The van der Waals surface area contributed by atoms with Gasteiger partial charge in [-0.1, -0.05) is 31.3 Å². The Morgan fingerprint density at radius 1 is 1.26 bits per heavy atom. The molecule has 0 spiro atoms. The maximum absolute atomic E-state index is 13.2. The molecule has 152 valence electrons. The summed E-state index contributed by atoms with van der Waals surface area (Å²) < 4.78 is 5.35. The molecule has 1 amide bonds. The average Bonchev–Trinajstić information content (AvgIpc) is 2.98. The monoisotopic (exact) mass is 376 g/mol. The van der Waals surface area contributed by atoms with Gasteiger partial charge < -0.3 is 19.6 Å². The molecule has 2 aliphatic rings. The van der Waals surface area contributed by atoms with Crippen molar-refractivity contribution in [2.75, 3.05) is 33.7 Å². The van der Waals surface area contributed by atoms with Crippen LogP contribution in [0.1, 0.15) is 73.7 Å². The van der Waals surface area contributed by atoms with Gasteiger partial charge in [0.2, 0.25) is 0 Å². The van der Waals surface area contributed by atoms with Gasteiger partial charge in [-0.3, -0.25) is 4.79 Å². The summed E-state index contributed by atoms with van der Waals surface area (Å²) in [5.41, 5.74) is 1.23. The van der Waals surface area contributed by atoms with Gasteiger partial charge in [0.1, 0.15) is 5.76 Å². The van der Waals surface area contributed by atoms with E-state index in [2.05, 4.69) is 22.3 Å². The first kappa shape index (κ1) is 20.3. The number of hydrogen-bond donors (Lipinski definition) is 1. The van der Waals surface area contributed by atoms with Crippen molar-refractivity contribution < 1.29 is 9.32 Å². The minimum atomic E-state index is -0.127. The molecule has 1 aliphatic carbocycles. The average molecular weight is 377 g/mol. The third-order valence-corrected chi connectivity index (χ3v) is 6.27. The van der Waals surface area contributed by atoms with Gasteiger partial charge >= 0.3 is 0 Å². The molecule has 1 saturated carbocycles. The van der Waals surface area contributed by atoms with Crippen LogP contribution in [0.4, 0.5) is 0 Å². The highest BCUT2D eigenvalue weighted by Crippen LogP contribution is 2.31. The van der Waals surface area contributed by atoms with Crippen molar-refractivity contribution in [2.45, 2.75) is 70.9 Å². The van der Waals surface area contributed by atoms with Crippen LogP contribution in [0.2, 0.25) is 0 Å². The number of aryl methyl sites for hydroxylation is 1. The van der Waals surface area contributed by atoms with Crippen molar-refractivity contribution in [1.29, 1.82) is 0 Å². The second kappa shape index (κ2) is 8.74. The Labute approximate surface area is 163 Å². The van der Waals surface area contributed by atoms with Gasteiger partial charge in [-0.25, -0.2) is 0 Å². The van der Waals surface area contributed by atoms with E-state index in [1.807, 2.05) is 25.9 Å². The predicted octanol–water partition coefficient (Wildman–Crippen LogP) is 3.21. The molecule has 0 atom stereocenters. The Morgan fingerprint density at radius 3 is 2.56 bits per heavy atom. The summed E-state index contributed by atoms with van der Waals surface area (Å²) in [6, 6.07) is 0. The van der Waals surface area contributed by atoms with E-state index in [9.17, 15) is 4.79 Å². The second-order valence-electron chi connectivity index (χ2n) is 9.06. The number of carbonyl (C=O) groups is 1. The van der Waals surface area contributed by atoms with Gasteiger partial charge in [0, 0.05) is 18.7 Å². The maximum atomic E-state index is 13.2. The number of nitrogens with one attached hydrogen (secondary N) is 1. The van der Waals surface area contributed by atoms with Crippen LogP contribution < -0.4 is 5.32 Å². The molecule has 2 heterocycles. The molecule has 0 aromatic carbocycles. The first-order valence-electron chi connectivity index (χ1n) is 10.5. The highest BCUT2D eigenvalue weighted by Gasteiger charge is 2.37. The number of likely N-dealkylation sites (tertiary alicyclic amines) is 1. The Morgan fingerprint density at radius 2 is 1.93 bits per heavy atom. The van der Waals surface area contributed by atoms with Crippen molar-refractivity contribution in [3.8, 4) is 0 Å². The standard InChI is InChI=1S/C21H36N4O2/c1-16-8-12-25(13-9-16)15-21(10-6-5-7-11-21)22-20(26)19-18(14-24(3)4)17(2)27-23-19/h16H,5-15H2,1-4H3,(H,22,26). The summed E-state index contributed by atoms with van der Waals surface area (Å²) in [5.74, 6) is 1.48. The fourth-order valence-corrected chi connectivity index (χ4v) is 4.57. The number of carbonyl (C=O) groups excluding carboxylic acids is 1. The van der Waals surface area contributed by atoms with E-state index in [-0.39, 0.29) is 11.4 Å². The summed E-state index contributed by atoms with van der Waals surface area (Å²) in [6.07, 6.45) is 8.29. The summed E-state index contributed by atoms with van der Waals surface area (Å²) in [7, 11) is 3.99. The molecule has 1 N–H and O–H groups in total. The van der Waals surface area contributed by atoms with Crippen molar-refractivity contribution in [3.63, 3.8) is 0 Å². The summed E-state index contributed by atoms with van der Waals surface area (Å²) >= 11 is 0. The van der Waals surface area contributed by atoms with E-state index < -0.39 is 0 Å². The van der Waals surface area contributed by atoms with Crippen LogP contribution in [0.25, 0.3) is 0 Å². The lowest BCUT2D eigenvalue weighted by Gasteiger charge is -2.43. The lowest BCUT2D eigenvalue weighted by Crippen LogP contribution is -2.57. The van der Waals surface area contributed by atoms with Crippen molar-refractivity contribution in [3.05, 3.63) is 17.0 Å². The Hall–Kier alpha value is -1.40. The molecule has 6 heteroatoms. The minimum absolute atomic E-state index is 0.0732. The molecule has 0 radical (unpaired) electrons. The van der Waals surface area contributed by atoms with Crippen LogP contribution in [-0.2, 0) is 6.54 Å². The fourth-order valence-electron chi connectivity index (χ4n) is 4.57. The predicted molar refractivity (Wildman–Crippen MR) is 107 cm³/mol. The second-order valence-corrected chi connectivity index (χ2v) is 9.06. The zero-order valence-electron chi connectivity index (χ0n) is 17.5. The number of rotatable bonds is 6. The SMILES string of the molecule is Cc1onc(C(=O)NC2(CN3CCC(C)CC3)CCCCC2)c1CN(C)C. The summed E-state index contributed by atoms with van der Waals surface area (Å²) in [4.78, 5) is 17.8. The normalized spacial score (nSPS) is 21.5. The van der Waals surface area contributed by atoms with Crippen LogP contribution in [0.3, 0.4) is 0 Å². The number of hydrogen-bond acceptors (Lipinski definition) is 5. The lowest BCUT2D eigenvalue weighted by atomic mass is 9.80. The number of piperidine rings is 1. The van der Waals surface area contributed by atoms with E-state index in [0.717, 1.165) is 49.7 Å². The Kier molecular flexibility index (Phi) is 6.58. The minimum Gasteiger partial charge on any atom is -0.361 e. The van der Waals surface area contributed by atoms with Crippen LogP contribution in [-0.4, -0.2) is 60.1 Å². The fraction of sp³-hybridized carbons (Fsp3) is 0.810. The number of aromatic nitrogens is 1. The quantitative estimate of drug-likeness (QED) is 0.826. The van der Waals surface area contributed by atoms with E-state index >= 15 is 0 Å². The van der Waals surface area contributed by atoms with E-state index in [4.69, 9.17) is 4.52 Å². The third-order valence-electron chi connectivity index (χ3n) is 6.27. The van der Waals surface area contributed by atoms with Crippen LogP contribution in [0.15, 0.2) is 4.52 Å². The van der Waals surface area contributed by atoms with Crippen LogP contribution in [0.5, 0.6) is 0 Å². The third kappa shape index (κ3) is 5.11. The molecule has 0 bridgehead atoms. The van der Waals surface area contributed by atoms with Gasteiger partial charge in [0.15, 0.2) is 5.69 Å². The first-order chi connectivity index (χ1) is 12.9. The topological polar surface area (TPSA) is 61.6 Å². The lowest BCUT2D eigenvalue weighted by molar-refractivity contribution is 0.0750. The smallest absolute Gasteiger partial charge is 0.274 e. The van der Waals surface area contributed by atoms with Crippen LogP contribution >= 0.6 is 0 Å². The first-order valence-corrected chi connectivity index (χ1v) is 10.5. The Bertz CT molecular complexity index is 626. The zero-order chi connectivity index (χ0) is 19.4. The molecular weight excluding hydrogens is 340 g/mol. The van der Waals surface area contributed by atoms with Gasteiger partial charge in [-0.05, 0) is 65.7 Å². The van der Waals surface area contributed by atoms with Crippen LogP contribution in [0, 0.1) is 12.8 Å². The van der Waals surface area contributed by atoms with E-state index in [0.29, 0.717) is 12.2 Å². The molecule has 2 fully saturated rings. The molecule has 27 heavy (non-hydrogen) atoms. The number of nitrogens with zero attached hydrogens (tertiary/aromatic N) is 3. The molecule has 1 aromatic rings. The number of amides is 1. The maximum Gasteiger partial charge on any atom is 0.274 e. The Balaban J connectivity index is 1.73. The molecule has 1 aliphatic heterocycles. The van der Waals surface area contributed by atoms with E-state index in [1.54, 1.807) is 0 Å². The van der Waals surface area contributed by atoms with Crippen molar-refractivity contribution in [2.24, 2.45) is 5.92 Å². The molecule has 0 unspecified atom stereocenters. The van der Waals surface area contributed by atoms with Gasteiger partial charge in [-0.15, -0.1) is 0 Å². The molecule has 1 saturated heterocycles. The highest BCUT2D eigenvalue weighted by atomic mass is 16.5. The molecule has 6 nitrogen and oxygen atoms in total. The summed E-state index contributed by atoms with van der Waals surface area (Å²) in [6.45, 7) is 8.14. The largest absolute Gasteiger partial charge is 0.361 e. The van der Waals surface area contributed by atoms with Crippen molar-refractivity contribution in [1.82, 2.24) is 20.3 Å². The molecular formula is C21H36N4O2. The summed E-state index contributed by atoms with van der Waals surface area (Å²) in [5, 5.41) is 7.51. The molecule has 3 rings (SSSR count).